The number of hydrogen-bond acceptors (Lipinski definition) is 5. The first-order chi connectivity index (χ1) is 16.2. The molecule has 5 heteroatoms. The largest absolute Gasteiger partial charge is 0.396 e. The quantitative estimate of drug-likeness (QED) is 0.343. The minimum atomic E-state index is 0.123. The standard InChI is InChI=1S/C29H53N3O2/c1-21-10-11-22(27(34)19-32(30)17-16-31-24-7-5-8-24)6-4-9-26-25(21)13-12-23-18-28(2,3)14-15-29(23,26)20-33/h21-26,31,33H,4-20,30H2,1-3H3/t21-,22+,23-,25-,26?,29+/m0/s1. The zero-order chi connectivity index (χ0) is 24.3. The van der Waals surface area contributed by atoms with Crippen molar-refractivity contribution in [3.8, 4) is 0 Å². The summed E-state index contributed by atoms with van der Waals surface area (Å²) in [6.07, 6.45) is 15.7. The van der Waals surface area contributed by atoms with Crippen LogP contribution in [0.5, 0.6) is 0 Å². The number of hydrogen-bond donors (Lipinski definition) is 3. The Bertz CT molecular complexity index is 678. The van der Waals surface area contributed by atoms with Crippen LogP contribution in [0, 0.1) is 40.4 Å². The summed E-state index contributed by atoms with van der Waals surface area (Å²) in [6.45, 7) is 9.65. The first kappa shape index (κ1) is 26.6. The predicted molar refractivity (Wildman–Crippen MR) is 139 cm³/mol. The number of rotatable bonds is 8. The van der Waals surface area contributed by atoms with Crippen LogP contribution in [-0.4, -0.2) is 48.2 Å². The number of fused-ring (bicyclic) bond motifs is 3. The molecule has 0 spiro atoms. The predicted octanol–water partition coefficient (Wildman–Crippen LogP) is 4.92. The summed E-state index contributed by atoms with van der Waals surface area (Å²) >= 11 is 0. The fourth-order valence-electron chi connectivity index (χ4n) is 8.32. The Labute approximate surface area is 209 Å². The van der Waals surface area contributed by atoms with Crippen molar-refractivity contribution >= 4 is 5.78 Å². The van der Waals surface area contributed by atoms with Crippen molar-refractivity contribution in [3.63, 3.8) is 0 Å². The van der Waals surface area contributed by atoms with Gasteiger partial charge in [0.25, 0.3) is 0 Å². The van der Waals surface area contributed by atoms with Crippen molar-refractivity contribution < 1.29 is 9.90 Å². The van der Waals surface area contributed by atoms with Gasteiger partial charge in [0, 0.05) is 31.7 Å². The van der Waals surface area contributed by atoms with Crippen LogP contribution in [0.3, 0.4) is 0 Å². The molecule has 0 heterocycles. The first-order valence-corrected chi connectivity index (χ1v) is 14.6. The second kappa shape index (κ2) is 11.3. The van der Waals surface area contributed by atoms with Gasteiger partial charge in [0.05, 0.1) is 6.54 Å². The molecule has 4 rings (SSSR count). The lowest BCUT2D eigenvalue weighted by Crippen LogP contribution is -2.53. The van der Waals surface area contributed by atoms with Crippen molar-refractivity contribution in [3.05, 3.63) is 0 Å². The fraction of sp³-hybridized carbons (Fsp3) is 0.966. The third kappa shape index (κ3) is 5.90. The number of aliphatic hydroxyl groups is 1. The smallest absolute Gasteiger partial charge is 0.151 e. The molecule has 5 nitrogen and oxygen atoms in total. The maximum absolute atomic E-state index is 13.2. The van der Waals surface area contributed by atoms with Gasteiger partial charge in [0.2, 0.25) is 0 Å². The molecule has 0 saturated heterocycles. The fourth-order valence-corrected chi connectivity index (χ4v) is 8.32. The molecule has 4 aliphatic rings. The minimum absolute atomic E-state index is 0.123. The molecule has 34 heavy (non-hydrogen) atoms. The van der Waals surface area contributed by atoms with Crippen LogP contribution in [-0.2, 0) is 4.79 Å². The molecule has 0 aromatic heterocycles. The summed E-state index contributed by atoms with van der Waals surface area (Å²) in [6, 6.07) is 0.667. The van der Waals surface area contributed by atoms with Gasteiger partial charge in [-0.3, -0.25) is 10.6 Å². The molecule has 4 fully saturated rings. The van der Waals surface area contributed by atoms with Gasteiger partial charge in [-0.2, -0.15) is 0 Å². The molecule has 0 aromatic carbocycles. The van der Waals surface area contributed by atoms with E-state index in [-0.39, 0.29) is 11.3 Å². The van der Waals surface area contributed by atoms with E-state index in [2.05, 4.69) is 26.1 Å². The molecule has 0 aliphatic heterocycles. The number of ketones is 1. The summed E-state index contributed by atoms with van der Waals surface area (Å²) in [4.78, 5) is 13.2. The highest BCUT2D eigenvalue weighted by Gasteiger charge is 2.55. The van der Waals surface area contributed by atoms with E-state index in [1.54, 1.807) is 5.01 Å². The highest BCUT2D eigenvalue weighted by atomic mass is 16.3. The third-order valence-corrected chi connectivity index (χ3v) is 10.8. The Morgan fingerprint density at radius 1 is 1.03 bits per heavy atom. The zero-order valence-electron chi connectivity index (χ0n) is 22.4. The maximum Gasteiger partial charge on any atom is 0.151 e. The summed E-state index contributed by atoms with van der Waals surface area (Å²) < 4.78 is 0. The monoisotopic (exact) mass is 475 g/mol. The van der Waals surface area contributed by atoms with E-state index in [9.17, 15) is 9.90 Å². The number of carbonyl (C=O) groups is 1. The van der Waals surface area contributed by atoms with Gasteiger partial charge in [-0.1, -0.05) is 33.6 Å². The average Bonchev–Trinajstić information content (AvgIpc) is 2.84. The first-order valence-electron chi connectivity index (χ1n) is 14.6. The molecule has 0 bridgehead atoms. The summed E-state index contributed by atoms with van der Waals surface area (Å²) in [5, 5.41) is 16.1. The molecule has 196 valence electrons. The molecule has 0 radical (unpaired) electrons. The van der Waals surface area contributed by atoms with Crippen molar-refractivity contribution in [1.82, 2.24) is 10.3 Å². The molecule has 0 amide bonds. The Hall–Kier alpha value is -0.490. The van der Waals surface area contributed by atoms with E-state index in [1.165, 1.54) is 57.8 Å². The van der Waals surface area contributed by atoms with Crippen molar-refractivity contribution in [2.24, 2.45) is 46.3 Å². The normalized spacial score (nSPS) is 38.7. The van der Waals surface area contributed by atoms with E-state index in [0.29, 0.717) is 54.1 Å². The Balaban J connectivity index is 1.35. The van der Waals surface area contributed by atoms with Gasteiger partial charge in [0.1, 0.15) is 0 Å². The van der Waals surface area contributed by atoms with Crippen molar-refractivity contribution in [1.29, 1.82) is 0 Å². The lowest BCUT2D eigenvalue weighted by Gasteiger charge is -2.59. The Kier molecular flexibility index (Phi) is 8.81. The van der Waals surface area contributed by atoms with Crippen molar-refractivity contribution in [2.75, 3.05) is 26.2 Å². The van der Waals surface area contributed by atoms with Crippen LogP contribution in [0.25, 0.3) is 0 Å². The number of hydrazine groups is 1. The summed E-state index contributed by atoms with van der Waals surface area (Å²) in [5.41, 5.74) is 0.539. The van der Waals surface area contributed by atoms with Crippen LogP contribution < -0.4 is 11.2 Å². The average molecular weight is 476 g/mol. The molecular formula is C29H53N3O2. The Morgan fingerprint density at radius 2 is 1.79 bits per heavy atom. The number of Topliss-reactive ketones (excluding diaryl/α,β-unsaturated/α-hetero) is 1. The molecule has 0 aromatic rings. The van der Waals surface area contributed by atoms with Crippen LogP contribution in [0.15, 0.2) is 0 Å². The second-order valence-corrected chi connectivity index (χ2v) is 13.5. The second-order valence-electron chi connectivity index (χ2n) is 13.5. The molecule has 4 aliphatic carbocycles. The molecule has 6 atom stereocenters. The number of carbonyl (C=O) groups excluding carboxylic acids is 1. The van der Waals surface area contributed by atoms with E-state index in [0.717, 1.165) is 38.8 Å². The minimum Gasteiger partial charge on any atom is -0.396 e. The number of nitrogens with two attached hydrogens (primary N) is 1. The zero-order valence-corrected chi connectivity index (χ0v) is 22.4. The van der Waals surface area contributed by atoms with E-state index in [4.69, 9.17) is 5.84 Å². The Morgan fingerprint density at radius 3 is 2.50 bits per heavy atom. The van der Waals surface area contributed by atoms with E-state index in [1.807, 2.05) is 0 Å². The molecule has 1 unspecified atom stereocenters. The maximum atomic E-state index is 13.2. The van der Waals surface area contributed by atoms with Gasteiger partial charge in [-0.25, -0.2) is 5.01 Å². The number of aliphatic hydroxyl groups excluding tert-OH is 1. The number of nitrogens with one attached hydrogen (secondary N) is 1. The van der Waals surface area contributed by atoms with Gasteiger partial charge in [0.15, 0.2) is 5.78 Å². The van der Waals surface area contributed by atoms with Crippen LogP contribution >= 0.6 is 0 Å². The highest BCUT2D eigenvalue weighted by Crippen LogP contribution is 2.61. The van der Waals surface area contributed by atoms with Crippen LogP contribution in [0.1, 0.15) is 104 Å². The molecule has 4 N–H and O–H groups in total. The summed E-state index contributed by atoms with van der Waals surface area (Å²) in [5.74, 6) is 9.37. The lowest BCUT2D eigenvalue weighted by molar-refractivity contribution is -0.124. The lowest BCUT2D eigenvalue weighted by atomic mass is 9.46. The third-order valence-electron chi connectivity index (χ3n) is 10.8. The van der Waals surface area contributed by atoms with Crippen molar-refractivity contribution in [2.45, 2.75) is 110 Å². The SMILES string of the molecule is C[C@H]1CC[C@H](C(=O)CN(N)CCNC2CCC2)CCCC2[C@H]1CC[C@H]1CC(C)(C)CC[C@]21CO. The van der Waals surface area contributed by atoms with Crippen LogP contribution in [0.4, 0.5) is 0 Å². The highest BCUT2D eigenvalue weighted by molar-refractivity contribution is 5.82. The van der Waals surface area contributed by atoms with Gasteiger partial charge < -0.3 is 10.4 Å². The molecular weight excluding hydrogens is 422 g/mol. The topological polar surface area (TPSA) is 78.6 Å². The van der Waals surface area contributed by atoms with Gasteiger partial charge >= 0.3 is 0 Å². The van der Waals surface area contributed by atoms with E-state index >= 15 is 0 Å². The van der Waals surface area contributed by atoms with E-state index < -0.39 is 0 Å². The summed E-state index contributed by atoms with van der Waals surface area (Å²) in [7, 11) is 0. The number of nitrogens with zero attached hydrogens (tertiary/aromatic N) is 1. The van der Waals surface area contributed by atoms with Gasteiger partial charge in [-0.05, 0) is 105 Å². The van der Waals surface area contributed by atoms with Crippen LogP contribution in [0.2, 0.25) is 0 Å². The van der Waals surface area contributed by atoms with Gasteiger partial charge in [-0.15, -0.1) is 0 Å². The molecule has 4 saturated carbocycles.